The second kappa shape index (κ2) is 11.9. The van der Waals surface area contributed by atoms with E-state index in [1.54, 1.807) is 18.2 Å². The lowest BCUT2D eigenvalue weighted by molar-refractivity contribution is -0.129. The summed E-state index contributed by atoms with van der Waals surface area (Å²) in [6.45, 7) is 3.47. The number of hydrogen-bond donors (Lipinski definition) is 1. The van der Waals surface area contributed by atoms with E-state index in [9.17, 15) is 14.4 Å². The van der Waals surface area contributed by atoms with Crippen LogP contribution in [-0.4, -0.2) is 48.1 Å². The highest BCUT2D eigenvalue weighted by Crippen LogP contribution is 2.26. The molecule has 2 aromatic rings. The number of ether oxygens (including phenoxy) is 1. The fourth-order valence-corrected chi connectivity index (χ4v) is 4.90. The highest BCUT2D eigenvalue weighted by Gasteiger charge is 2.23. The van der Waals surface area contributed by atoms with Gasteiger partial charge in [-0.25, -0.2) is 4.79 Å². The van der Waals surface area contributed by atoms with E-state index in [-0.39, 0.29) is 18.3 Å². The van der Waals surface area contributed by atoms with Crippen molar-refractivity contribution in [1.82, 2.24) is 4.90 Å². The molecule has 0 spiro atoms. The molecule has 0 saturated heterocycles. The first-order valence-corrected chi connectivity index (χ1v) is 12.4. The van der Waals surface area contributed by atoms with Gasteiger partial charge in [0.05, 0.1) is 11.3 Å². The molecule has 0 heterocycles. The van der Waals surface area contributed by atoms with Gasteiger partial charge in [0.25, 0.3) is 5.91 Å². The molecule has 0 aliphatic heterocycles. The Hall–Kier alpha value is -2.80. The molecule has 3 rings (SSSR count). The van der Waals surface area contributed by atoms with Crippen LogP contribution in [0.4, 0.5) is 5.69 Å². The molecule has 1 aliphatic rings. The van der Waals surface area contributed by atoms with E-state index in [0.29, 0.717) is 22.2 Å². The van der Waals surface area contributed by atoms with E-state index in [1.165, 1.54) is 31.0 Å². The van der Waals surface area contributed by atoms with E-state index in [1.807, 2.05) is 50.1 Å². The van der Waals surface area contributed by atoms with Gasteiger partial charge in [0, 0.05) is 23.7 Å². The zero-order chi connectivity index (χ0) is 23.8. The van der Waals surface area contributed by atoms with E-state index >= 15 is 0 Å². The lowest BCUT2D eigenvalue weighted by Gasteiger charge is -2.31. The number of nitrogens with one attached hydrogen (secondary N) is 1. The van der Waals surface area contributed by atoms with Crippen molar-refractivity contribution in [2.24, 2.45) is 0 Å². The molecule has 2 amide bonds. The Balaban J connectivity index is 1.54. The number of hydrogen-bond acceptors (Lipinski definition) is 5. The van der Waals surface area contributed by atoms with Gasteiger partial charge in [0.1, 0.15) is 0 Å². The minimum Gasteiger partial charge on any atom is -0.452 e. The van der Waals surface area contributed by atoms with E-state index in [4.69, 9.17) is 4.74 Å². The van der Waals surface area contributed by atoms with Crippen LogP contribution >= 0.6 is 11.8 Å². The smallest absolute Gasteiger partial charge is 0.339 e. The van der Waals surface area contributed by atoms with Crippen molar-refractivity contribution < 1.29 is 19.1 Å². The Kier molecular flexibility index (Phi) is 8.95. The van der Waals surface area contributed by atoms with Crippen LogP contribution in [0.2, 0.25) is 0 Å². The average molecular weight is 469 g/mol. The maximum Gasteiger partial charge on any atom is 0.339 e. The number of esters is 1. The van der Waals surface area contributed by atoms with Crippen molar-refractivity contribution in [2.75, 3.05) is 24.7 Å². The monoisotopic (exact) mass is 468 g/mol. The van der Waals surface area contributed by atoms with Crippen molar-refractivity contribution in [3.05, 3.63) is 59.2 Å². The molecule has 0 atom stereocenters. The average Bonchev–Trinajstić information content (AvgIpc) is 2.83. The number of thioether (sulfide) groups is 1. The maximum absolute atomic E-state index is 12.7. The van der Waals surface area contributed by atoms with Crippen molar-refractivity contribution in [2.45, 2.75) is 56.9 Å². The second-order valence-electron chi connectivity index (χ2n) is 8.52. The molecular weight excluding hydrogens is 436 g/mol. The fourth-order valence-electron chi connectivity index (χ4n) is 3.94. The number of benzene rings is 2. The Bertz CT molecular complexity index is 1000. The number of carbonyl (C=O) groups is 3. The Morgan fingerprint density at radius 1 is 1.06 bits per heavy atom. The van der Waals surface area contributed by atoms with Gasteiger partial charge < -0.3 is 15.0 Å². The summed E-state index contributed by atoms with van der Waals surface area (Å²) in [5.41, 5.74) is 3.02. The van der Waals surface area contributed by atoms with Gasteiger partial charge in [-0.1, -0.05) is 43.5 Å². The summed E-state index contributed by atoms with van der Waals surface area (Å²) in [7, 11) is 1.87. The van der Waals surface area contributed by atoms with Crippen molar-refractivity contribution in [3.63, 3.8) is 0 Å². The van der Waals surface area contributed by atoms with Crippen LogP contribution in [0.5, 0.6) is 0 Å². The quantitative estimate of drug-likeness (QED) is 0.437. The van der Waals surface area contributed by atoms with Crippen LogP contribution in [0, 0.1) is 13.8 Å². The summed E-state index contributed by atoms with van der Waals surface area (Å²) in [5, 5.41) is 2.78. The van der Waals surface area contributed by atoms with Crippen LogP contribution < -0.4 is 5.32 Å². The molecule has 33 heavy (non-hydrogen) atoms. The minimum absolute atomic E-state index is 0.0583. The highest BCUT2D eigenvalue weighted by atomic mass is 32.2. The van der Waals surface area contributed by atoms with E-state index in [0.717, 1.165) is 24.0 Å². The largest absolute Gasteiger partial charge is 0.452 e. The lowest BCUT2D eigenvalue weighted by atomic mass is 9.94. The summed E-state index contributed by atoms with van der Waals surface area (Å²) >= 11 is 1.32. The molecule has 0 unspecified atom stereocenters. The third kappa shape index (κ3) is 7.09. The topological polar surface area (TPSA) is 75.7 Å². The zero-order valence-corrected chi connectivity index (χ0v) is 20.4. The fraction of sp³-hybridized carbons (Fsp3) is 0.423. The molecule has 1 fully saturated rings. The van der Waals surface area contributed by atoms with Gasteiger partial charge in [-0.15, -0.1) is 11.8 Å². The van der Waals surface area contributed by atoms with Crippen LogP contribution in [0.1, 0.15) is 53.6 Å². The number of anilines is 1. The standard InChI is InChI=1S/C26H32N2O4S/c1-18-13-14-19(2)22(15-18)27-24(29)16-32-26(31)21-11-7-8-12-23(21)33-17-25(30)28(3)20-9-5-4-6-10-20/h7-8,11-15,20H,4-6,9-10,16-17H2,1-3H3,(H,27,29). The van der Waals surface area contributed by atoms with Gasteiger partial charge in [0.15, 0.2) is 6.61 Å². The summed E-state index contributed by atoms with van der Waals surface area (Å²) < 4.78 is 5.26. The van der Waals surface area contributed by atoms with E-state index < -0.39 is 11.9 Å². The Morgan fingerprint density at radius 3 is 2.55 bits per heavy atom. The number of rotatable bonds is 8. The van der Waals surface area contributed by atoms with Crippen molar-refractivity contribution in [3.8, 4) is 0 Å². The highest BCUT2D eigenvalue weighted by molar-refractivity contribution is 8.00. The summed E-state index contributed by atoms with van der Waals surface area (Å²) in [4.78, 5) is 40.1. The summed E-state index contributed by atoms with van der Waals surface area (Å²) in [6, 6.07) is 13.1. The third-order valence-corrected chi connectivity index (χ3v) is 7.03. The van der Waals surface area contributed by atoms with Gasteiger partial charge in [-0.2, -0.15) is 0 Å². The summed E-state index contributed by atoms with van der Waals surface area (Å²) in [6.07, 6.45) is 5.69. The number of carbonyl (C=O) groups excluding carboxylic acids is 3. The maximum atomic E-state index is 12.7. The molecule has 176 valence electrons. The first-order valence-electron chi connectivity index (χ1n) is 11.4. The van der Waals surface area contributed by atoms with Crippen LogP contribution in [0.3, 0.4) is 0 Å². The van der Waals surface area contributed by atoms with Crippen molar-refractivity contribution in [1.29, 1.82) is 0 Å². The molecule has 1 aliphatic carbocycles. The Labute approximate surface area is 200 Å². The van der Waals surface area contributed by atoms with Gasteiger partial charge in [-0.3, -0.25) is 9.59 Å². The summed E-state index contributed by atoms with van der Waals surface area (Å²) in [5.74, 6) is -0.665. The molecular formula is C26H32N2O4S. The minimum atomic E-state index is -0.581. The molecule has 6 nitrogen and oxygen atoms in total. The van der Waals surface area contributed by atoms with Crippen molar-refractivity contribution >= 4 is 35.2 Å². The second-order valence-corrected chi connectivity index (χ2v) is 9.54. The van der Waals surface area contributed by atoms with Gasteiger partial charge >= 0.3 is 5.97 Å². The third-order valence-electron chi connectivity index (χ3n) is 5.98. The normalized spacial score (nSPS) is 13.9. The molecule has 0 radical (unpaired) electrons. The lowest BCUT2D eigenvalue weighted by Crippen LogP contribution is -2.39. The number of aryl methyl sites for hydroxylation is 2. The van der Waals surface area contributed by atoms with Crippen LogP contribution in [0.25, 0.3) is 0 Å². The SMILES string of the molecule is Cc1ccc(C)c(NC(=O)COC(=O)c2ccccc2SCC(=O)N(C)C2CCCCC2)c1. The van der Waals surface area contributed by atoms with Crippen LogP contribution in [0.15, 0.2) is 47.4 Å². The molecule has 7 heteroatoms. The Morgan fingerprint density at radius 2 is 1.79 bits per heavy atom. The van der Waals surface area contributed by atoms with Crippen LogP contribution in [-0.2, 0) is 14.3 Å². The molecule has 0 bridgehead atoms. The first kappa shape index (κ1) is 24.8. The first-order chi connectivity index (χ1) is 15.8. The van der Waals surface area contributed by atoms with E-state index in [2.05, 4.69) is 5.32 Å². The predicted octanol–water partition coefficient (Wildman–Crippen LogP) is 4.98. The molecule has 1 saturated carbocycles. The zero-order valence-electron chi connectivity index (χ0n) is 19.6. The molecule has 2 aromatic carbocycles. The molecule has 1 N–H and O–H groups in total. The van der Waals surface area contributed by atoms with Gasteiger partial charge in [0.2, 0.25) is 5.91 Å². The predicted molar refractivity (Wildman–Crippen MR) is 132 cm³/mol. The molecule has 0 aromatic heterocycles. The number of amides is 2. The van der Waals surface area contributed by atoms with Gasteiger partial charge in [-0.05, 0) is 56.0 Å². The number of nitrogens with zero attached hydrogens (tertiary/aromatic N) is 1.